The van der Waals surface area contributed by atoms with Gasteiger partial charge in [0.25, 0.3) is 0 Å². The van der Waals surface area contributed by atoms with E-state index in [1.165, 1.54) is 16.9 Å². The quantitative estimate of drug-likeness (QED) is 0.620. The van der Waals surface area contributed by atoms with Crippen molar-refractivity contribution in [2.75, 3.05) is 11.9 Å². The number of alkyl halides is 1. The lowest BCUT2D eigenvalue weighted by Crippen LogP contribution is -2.20. The number of hydrogen-bond acceptors (Lipinski definition) is 5. The van der Waals surface area contributed by atoms with Crippen LogP contribution in [0.1, 0.15) is 23.9 Å². The van der Waals surface area contributed by atoms with Crippen LogP contribution in [0.2, 0.25) is 0 Å². The van der Waals surface area contributed by atoms with Gasteiger partial charge >= 0.3 is 0 Å². The lowest BCUT2D eigenvalue weighted by molar-refractivity contribution is -0.115. The minimum absolute atomic E-state index is 0.271. The Hall–Kier alpha value is -1.66. The van der Waals surface area contributed by atoms with E-state index in [4.69, 9.17) is 16.3 Å². The molecule has 7 heteroatoms. The highest BCUT2D eigenvalue weighted by Gasteiger charge is 2.12. The molecule has 1 N–H and O–H groups in total. The molecule has 0 bridgehead atoms. The minimum atomic E-state index is -0.588. The van der Waals surface area contributed by atoms with Crippen molar-refractivity contribution in [2.24, 2.45) is 0 Å². The molecule has 1 aromatic carbocycles. The number of nitrogens with zero attached hydrogens (tertiary/aromatic N) is 2. The van der Waals surface area contributed by atoms with E-state index in [9.17, 15) is 4.79 Å². The van der Waals surface area contributed by atoms with Gasteiger partial charge in [0.2, 0.25) is 11.0 Å². The van der Waals surface area contributed by atoms with Crippen LogP contribution in [-0.4, -0.2) is 28.1 Å². The van der Waals surface area contributed by atoms with Crippen molar-refractivity contribution < 1.29 is 9.53 Å². The van der Waals surface area contributed by atoms with Gasteiger partial charge in [0.05, 0.1) is 6.61 Å². The highest BCUT2D eigenvalue weighted by Crippen LogP contribution is 2.18. The Balaban J connectivity index is 1.73. The van der Waals surface area contributed by atoms with E-state index in [1.54, 1.807) is 6.92 Å². The Morgan fingerprint density at radius 1 is 1.45 bits per heavy atom. The Labute approximate surface area is 138 Å². The predicted octanol–water partition coefficient (Wildman–Crippen LogP) is 3.42. The number of carbonyl (C=O) groups is 1. The maximum atomic E-state index is 11.4. The van der Waals surface area contributed by atoms with Gasteiger partial charge in [0.1, 0.15) is 16.1 Å². The van der Waals surface area contributed by atoms with Gasteiger partial charge in [-0.2, -0.15) is 0 Å². The van der Waals surface area contributed by atoms with Gasteiger partial charge in [0, 0.05) is 6.42 Å². The average molecular weight is 340 g/mol. The van der Waals surface area contributed by atoms with Crippen molar-refractivity contribution in [3.63, 3.8) is 0 Å². The SMILES string of the molecule is Cc1cccc(OCCCc2nnc(NC(=O)C(C)Cl)s2)c1. The van der Waals surface area contributed by atoms with E-state index in [0.717, 1.165) is 23.6 Å². The first kappa shape index (κ1) is 16.7. The number of halogens is 1. The second-order valence-electron chi connectivity index (χ2n) is 4.87. The number of aromatic nitrogens is 2. The molecule has 0 aliphatic rings. The van der Waals surface area contributed by atoms with Gasteiger partial charge in [-0.25, -0.2) is 0 Å². The van der Waals surface area contributed by atoms with Crippen molar-refractivity contribution in [1.29, 1.82) is 0 Å². The summed E-state index contributed by atoms with van der Waals surface area (Å²) >= 11 is 7.04. The van der Waals surface area contributed by atoms with Crippen LogP contribution in [0.4, 0.5) is 5.13 Å². The van der Waals surface area contributed by atoms with E-state index >= 15 is 0 Å². The molecule has 0 aliphatic carbocycles. The second kappa shape index (κ2) is 8.10. The largest absolute Gasteiger partial charge is 0.494 e. The normalized spacial score (nSPS) is 12.0. The number of benzene rings is 1. The molecule has 2 aromatic rings. The van der Waals surface area contributed by atoms with Gasteiger partial charge in [-0.05, 0) is 38.0 Å². The fraction of sp³-hybridized carbons (Fsp3) is 0.400. The number of ether oxygens (including phenoxy) is 1. The van der Waals surface area contributed by atoms with Gasteiger partial charge < -0.3 is 4.74 Å². The maximum Gasteiger partial charge on any atom is 0.243 e. The Morgan fingerprint density at radius 2 is 2.27 bits per heavy atom. The van der Waals surface area contributed by atoms with Crippen molar-refractivity contribution >= 4 is 34.0 Å². The lowest BCUT2D eigenvalue weighted by Gasteiger charge is -2.05. The molecule has 2 rings (SSSR count). The number of anilines is 1. The van der Waals surface area contributed by atoms with Crippen molar-refractivity contribution in [3.05, 3.63) is 34.8 Å². The van der Waals surface area contributed by atoms with E-state index in [-0.39, 0.29) is 5.91 Å². The molecule has 0 saturated carbocycles. The van der Waals surface area contributed by atoms with Gasteiger partial charge in [-0.15, -0.1) is 21.8 Å². The third-order valence-corrected chi connectivity index (χ3v) is 3.95. The van der Waals surface area contributed by atoms with Gasteiger partial charge in [0.15, 0.2) is 0 Å². The fourth-order valence-corrected chi connectivity index (χ4v) is 2.57. The number of rotatable bonds is 7. The van der Waals surface area contributed by atoms with E-state index in [2.05, 4.69) is 15.5 Å². The molecule has 0 spiro atoms. The van der Waals surface area contributed by atoms with E-state index in [0.29, 0.717) is 11.7 Å². The van der Waals surface area contributed by atoms with Crippen LogP contribution < -0.4 is 10.1 Å². The molecule has 0 fully saturated rings. The third kappa shape index (κ3) is 5.27. The minimum Gasteiger partial charge on any atom is -0.494 e. The van der Waals surface area contributed by atoms with Gasteiger partial charge in [-0.3, -0.25) is 10.1 Å². The highest BCUT2D eigenvalue weighted by molar-refractivity contribution is 7.15. The summed E-state index contributed by atoms with van der Waals surface area (Å²) < 4.78 is 5.68. The molecular weight excluding hydrogens is 322 g/mol. The zero-order chi connectivity index (χ0) is 15.9. The maximum absolute atomic E-state index is 11.4. The Bertz CT molecular complexity index is 631. The molecule has 22 heavy (non-hydrogen) atoms. The Morgan fingerprint density at radius 3 is 3.00 bits per heavy atom. The first-order valence-corrected chi connectivity index (χ1v) is 8.26. The summed E-state index contributed by atoms with van der Waals surface area (Å²) in [4.78, 5) is 11.4. The van der Waals surface area contributed by atoms with Crippen LogP contribution in [0, 0.1) is 6.92 Å². The third-order valence-electron chi connectivity index (χ3n) is 2.85. The molecule has 0 radical (unpaired) electrons. The summed E-state index contributed by atoms with van der Waals surface area (Å²) in [6.07, 6.45) is 1.60. The van der Waals surface area contributed by atoms with E-state index < -0.39 is 5.38 Å². The van der Waals surface area contributed by atoms with Crippen LogP contribution in [0.15, 0.2) is 24.3 Å². The summed E-state index contributed by atoms with van der Waals surface area (Å²) in [5.41, 5.74) is 1.18. The molecule has 0 aliphatic heterocycles. The Kier molecular flexibility index (Phi) is 6.15. The van der Waals surface area contributed by atoms with Crippen molar-refractivity contribution in [1.82, 2.24) is 10.2 Å². The average Bonchev–Trinajstić information content (AvgIpc) is 2.91. The van der Waals surface area contributed by atoms with Crippen molar-refractivity contribution in [3.8, 4) is 5.75 Å². The molecule has 1 atom stereocenters. The summed E-state index contributed by atoms with van der Waals surface area (Å²) in [5.74, 6) is 0.605. The van der Waals surface area contributed by atoms with Crippen LogP contribution in [0.5, 0.6) is 5.75 Å². The summed E-state index contributed by atoms with van der Waals surface area (Å²) in [7, 11) is 0. The van der Waals surface area contributed by atoms with Crippen LogP contribution in [0.3, 0.4) is 0 Å². The van der Waals surface area contributed by atoms with Gasteiger partial charge in [-0.1, -0.05) is 23.5 Å². The number of amides is 1. The zero-order valence-corrected chi connectivity index (χ0v) is 14.1. The molecule has 118 valence electrons. The highest BCUT2D eigenvalue weighted by atomic mass is 35.5. The number of aryl methyl sites for hydroxylation is 2. The van der Waals surface area contributed by atoms with E-state index in [1.807, 2.05) is 31.2 Å². The topological polar surface area (TPSA) is 64.1 Å². The summed E-state index contributed by atoms with van der Waals surface area (Å²) in [6.45, 7) is 4.26. The van der Waals surface area contributed by atoms with Crippen LogP contribution in [0.25, 0.3) is 0 Å². The van der Waals surface area contributed by atoms with Crippen molar-refractivity contribution in [2.45, 2.75) is 32.1 Å². The molecule has 1 amide bonds. The zero-order valence-electron chi connectivity index (χ0n) is 12.5. The monoisotopic (exact) mass is 339 g/mol. The predicted molar refractivity (Wildman–Crippen MR) is 88.8 cm³/mol. The first-order chi connectivity index (χ1) is 10.5. The number of carbonyl (C=O) groups excluding carboxylic acids is 1. The molecule has 1 aromatic heterocycles. The van der Waals surface area contributed by atoms with Crippen LogP contribution >= 0.6 is 22.9 Å². The second-order valence-corrected chi connectivity index (χ2v) is 6.59. The summed E-state index contributed by atoms with van der Waals surface area (Å²) in [6, 6.07) is 7.96. The number of nitrogens with one attached hydrogen (secondary N) is 1. The van der Waals surface area contributed by atoms with Crippen LogP contribution in [-0.2, 0) is 11.2 Å². The fourth-order valence-electron chi connectivity index (χ4n) is 1.73. The molecule has 1 heterocycles. The number of hydrogen-bond donors (Lipinski definition) is 1. The summed E-state index contributed by atoms with van der Waals surface area (Å²) in [5, 5.41) is 11.4. The smallest absolute Gasteiger partial charge is 0.243 e. The first-order valence-electron chi connectivity index (χ1n) is 7.01. The molecule has 1 unspecified atom stereocenters. The molecule has 0 saturated heterocycles. The standard InChI is InChI=1S/C15H18ClN3O2S/c1-10-5-3-6-12(9-10)21-8-4-7-13-18-19-15(22-13)17-14(20)11(2)16/h3,5-6,9,11H,4,7-8H2,1-2H3,(H,17,19,20). The lowest BCUT2D eigenvalue weighted by atomic mass is 10.2. The molecular formula is C15H18ClN3O2S. The molecule has 5 nitrogen and oxygen atoms in total.